The van der Waals surface area contributed by atoms with E-state index in [0.717, 1.165) is 16.3 Å². The Hall–Kier alpha value is -2.38. The number of benzene rings is 1. The van der Waals surface area contributed by atoms with Crippen LogP contribution >= 0.6 is 22.7 Å². The molecule has 1 N–H and O–H groups in total. The lowest BCUT2D eigenvalue weighted by molar-refractivity contribution is -0.115. The Morgan fingerprint density at radius 2 is 2.08 bits per heavy atom. The molecule has 0 aliphatic heterocycles. The fourth-order valence-corrected chi connectivity index (χ4v) is 3.71. The Kier molecular flexibility index (Phi) is 5.12. The summed E-state index contributed by atoms with van der Waals surface area (Å²) in [5.41, 5.74) is 2.42. The van der Waals surface area contributed by atoms with Gasteiger partial charge >= 0.3 is 0 Å². The van der Waals surface area contributed by atoms with E-state index in [9.17, 15) is 4.79 Å². The molecule has 2 heterocycles. The summed E-state index contributed by atoms with van der Waals surface area (Å²) in [6.07, 6.45) is 0.209. The number of ether oxygens (including phenoxy) is 2. The zero-order valence-electron chi connectivity index (χ0n) is 13.2. The van der Waals surface area contributed by atoms with E-state index in [2.05, 4.69) is 10.3 Å². The molecule has 1 amide bonds. The standard InChI is InChI=1S/C17H16N2O3S2/c1-21-13-3-4-15(22-2)14(8-13)19-16(20)7-12-10-24-17(18-12)11-5-6-23-9-11/h3-6,8-10H,7H2,1-2H3,(H,19,20). The highest BCUT2D eigenvalue weighted by Crippen LogP contribution is 2.29. The minimum Gasteiger partial charge on any atom is -0.497 e. The number of anilines is 1. The summed E-state index contributed by atoms with van der Waals surface area (Å²) in [7, 11) is 3.14. The second-order valence-electron chi connectivity index (χ2n) is 4.95. The van der Waals surface area contributed by atoms with Crippen LogP contribution in [0.5, 0.6) is 11.5 Å². The molecular weight excluding hydrogens is 344 g/mol. The third-order valence-corrected chi connectivity index (χ3v) is 4.97. The number of thiophene rings is 1. The van der Waals surface area contributed by atoms with Crippen molar-refractivity contribution in [1.29, 1.82) is 0 Å². The molecular formula is C17H16N2O3S2. The number of methoxy groups -OCH3 is 2. The third kappa shape index (κ3) is 3.74. The first-order chi connectivity index (χ1) is 11.7. The molecule has 1 aromatic carbocycles. The van der Waals surface area contributed by atoms with Gasteiger partial charge in [-0.15, -0.1) is 11.3 Å². The molecule has 0 unspecified atom stereocenters. The summed E-state index contributed by atoms with van der Waals surface area (Å²) in [6.45, 7) is 0. The van der Waals surface area contributed by atoms with E-state index in [-0.39, 0.29) is 12.3 Å². The average molecular weight is 360 g/mol. The van der Waals surface area contributed by atoms with Crippen LogP contribution in [-0.2, 0) is 11.2 Å². The van der Waals surface area contributed by atoms with Crippen LogP contribution < -0.4 is 14.8 Å². The van der Waals surface area contributed by atoms with Gasteiger partial charge in [0.1, 0.15) is 16.5 Å². The highest BCUT2D eigenvalue weighted by atomic mass is 32.1. The number of carbonyl (C=O) groups excluding carboxylic acids is 1. The number of amides is 1. The molecule has 0 fully saturated rings. The Labute approximate surface area is 147 Å². The average Bonchev–Trinajstić information content (AvgIpc) is 3.25. The number of hydrogen-bond acceptors (Lipinski definition) is 6. The molecule has 0 bridgehead atoms. The monoisotopic (exact) mass is 360 g/mol. The summed E-state index contributed by atoms with van der Waals surface area (Å²) in [6, 6.07) is 7.29. The topological polar surface area (TPSA) is 60.5 Å². The molecule has 0 saturated carbocycles. The maximum atomic E-state index is 12.3. The van der Waals surface area contributed by atoms with Crippen molar-refractivity contribution in [1.82, 2.24) is 4.98 Å². The lowest BCUT2D eigenvalue weighted by Gasteiger charge is -2.11. The van der Waals surface area contributed by atoms with Crippen molar-refractivity contribution in [2.75, 3.05) is 19.5 Å². The second kappa shape index (κ2) is 7.46. The lowest BCUT2D eigenvalue weighted by atomic mass is 10.2. The fourth-order valence-electron chi connectivity index (χ4n) is 2.18. The van der Waals surface area contributed by atoms with Gasteiger partial charge in [0.15, 0.2) is 0 Å². The van der Waals surface area contributed by atoms with E-state index in [4.69, 9.17) is 9.47 Å². The van der Waals surface area contributed by atoms with E-state index >= 15 is 0 Å². The van der Waals surface area contributed by atoms with Crippen LogP contribution in [-0.4, -0.2) is 25.1 Å². The largest absolute Gasteiger partial charge is 0.497 e. The zero-order chi connectivity index (χ0) is 16.9. The van der Waals surface area contributed by atoms with Crippen molar-refractivity contribution < 1.29 is 14.3 Å². The Balaban J connectivity index is 1.70. The maximum Gasteiger partial charge on any atom is 0.230 e. The minimum atomic E-state index is -0.149. The molecule has 24 heavy (non-hydrogen) atoms. The first kappa shape index (κ1) is 16.5. The molecule has 2 aromatic heterocycles. The molecule has 0 aliphatic carbocycles. The van der Waals surface area contributed by atoms with Gasteiger partial charge in [0.05, 0.1) is 32.0 Å². The minimum absolute atomic E-state index is 0.149. The van der Waals surface area contributed by atoms with Gasteiger partial charge in [0.2, 0.25) is 5.91 Å². The number of carbonyl (C=O) groups is 1. The van der Waals surface area contributed by atoms with Gasteiger partial charge in [0, 0.05) is 22.4 Å². The summed E-state index contributed by atoms with van der Waals surface area (Å²) in [4.78, 5) is 16.8. The third-order valence-electron chi connectivity index (χ3n) is 3.34. The normalized spacial score (nSPS) is 10.4. The Bertz CT molecular complexity index is 828. The van der Waals surface area contributed by atoms with Crippen molar-refractivity contribution in [3.05, 3.63) is 46.1 Å². The first-order valence-electron chi connectivity index (χ1n) is 7.18. The number of aromatic nitrogens is 1. The van der Waals surface area contributed by atoms with E-state index in [1.807, 2.05) is 22.2 Å². The number of hydrogen-bond donors (Lipinski definition) is 1. The summed E-state index contributed by atoms with van der Waals surface area (Å²) in [5.74, 6) is 1.09. The van der Waals surface area contributed by atoms with Gasteiger partial charge in [-0.1, -0.05) is 0 Å². The fraction of sp³-hybridized carbons (Fsp3) is 0.176. The summed E-state index contributed by atoms with van der Waals surface area (Å²) >= 11 is 3.17. The highest BCUT2D eigenvalue weighted by molar-refractivity contribution is 7.14. The molecule has 124 valence electrons. The highest BCUT2D eigenvalue weighted by Gasteiger charge is 2.12. The number of rotatable bonds is 6. The van der Waals surface area contributed by atoms with Crippen LogP contribution in [0.1, 0.15) is 5.69 Å². The van der Waals surface area contributed by atoms with Crippen molar-refractivity contribution in [3.8, 4) is 22.1 Å². The molecule has 0 atom stereocenters. The molecule has 7 heteroatoms. The molecule has 0 aliphatic rings. The molecule has 0 spiro atoms. The van der Waals surface area contributed by atoms with E-state index in [1.54, 1.807) is 55.1 Å². The van der Waals surface area contributed by atoms with Crippen LogP contribution in [0.25, 0.3) is 10.6 Å². The lowest BCUT2D eigenvalue weighted by Crippen LogP contribution is -2.15. The van der Waals surface area contributed by atoms with Crippen molar-refractivity contribution in [2.24, 2.45) is 0 Å². The summed E-state index contributed by atoms with van der Waals surface area (Å²) < 4.78 is 10.4. The second-order valence-corrected chi connectivity index (χ2v) is 6.59. The van der Waals surface area contributed by atoms with Gasteiger partial charge in [-0.05, 0) is 23.6 Å². The molecule has 3 rings (SSSR count). The van der Waals surface area contributed by atoms with Crippen LogP contribution in [0.3, 0.4) is 0 Å². The molecule has 5 nitrogen and oxygen atoms in total. The predicted molar refractivity (Wildman–Crippen MR) is 97.3 cm³/mol. The van der Waals surface area contributed by atoms with Crippen molar-refractivity contribution in [3.63, 3.8) is 0 Å². The van der Waals surface area contributed by atoms with E-state index < -0.39 is 0 Å². The maximum absolute atomic E-state index is 12.3. The molecule has 0 radical (unpaired) electrons. The van der Waals surface area contributed by atoms with Crippen molar-refractivity contribution >= 4 is 34.3 Å². The predicted octanol–water partition coefficient (Wildman–Crippen LogP) is 4.07. The van der Waals surface area contributed by atoms with Gasteiger partial charge in [-0.2, -0.15) is 11.3 Å². The van der Waals surface area contributed by atoms with Gasteiger partial charge in [-0.3, -0.25) is 4.79 Å². The van der Waals surface area contributed by atoms with Gasteiger partial charge in [0.25, 0.3) is 0 Å². The summed E-state index contributed by atoms with van der Waals surface area (Å²) in [5, 5.41) is 9.75. The Morgan fingerprint density at radius 1 is 1.21 bits per heavy atom. The SMILES string of the molecule is COc1ccc(OC)c(NC(=O)Cc2csc(-c3ccsc3)n2)c1. The molecule has 3 aromatic rings. The Morgan fingerprint density at radius 3 is 2.79 bits per heavy atom. The smallest absolute Gasteiger partial charge is 0.230 e. The van der Waals surface area contributed by atoms with Crippen LogP contribution in [0, 0.1) is 0 Å². The van der Waals surface area contributed by atoms with Crippen LogP contribution in [0.2, 0.25) is 0 Å². The van der Waals surface area contributed by atoms with Gasteiger partial charge < -0.3 is 14.8 Å². The first-order valence-corrected chi connectivity index (χ1v) is 9.00. The van der Waals surface area contributed by atoms with Crippen molar-refractivity contribution in [2.45, 2.75) is 6.42 Å². The quantitative estimate of drug-likeness (QED) is 0.720. The van der Waals surface area contributed by atoms with Gasteiger partial charge in [-0.25, -0.2) is 4.98 Å². The van der Waals surface area contributed by atoms with Crippen LogP contribution in [0.15, 0.2) is 40.4 Å². The van der Waals surface area contributed by atoms with E-state index in [0.29, 0.717) is 17.2 Å². The van der Waals surface area contributed by atoms with Crippen LogP contribution in [0.4, 0.5) is 5.69 Å². The zero-order valence-corrected chi connectivity index (χ0v) is 14.9. The van der Waals surface area contributed by atoms with E-state index in [1.165, 1.54) is 0 Å². The molecule has 0 saturated heterocycles. The number of thiazole rings is 1. The number of nitrogens with one attached hydrogen (secondary N) is 1. The number of nitrogens with zero attached hydrogens (tertiary/aromatic N) is 1.